The van der Waals surface area contributed by atoms with Gasteiger partial charge < -0.3 is 10.4 Å². The van der Waals surface area contributed by atoms with E-state index in [0.717, 1.165) is 16.3 Å². The number of carbonyl (C=O) groups excluding carboxylic acids is 1. The van der Waals surface area contributed by atoms with Crippen molar-refractivity contribution < 1.29 is 9.90 Å². The van der Waals surface area contributed by atoms with E-state index in [2.05, 4.69) is 26.2 Å². The molecular formula is C23H16BrClN2O2. The van der Waals surface area contributed by atoms with Crippen LogP contribution in [0.5, 0.6) is 5.75 Å². The van der Waals surface area contributed by atoms with Crippen molar-refractivity contribution in [3.8, 4) is 5.75 Å². The fourth-order valence-electron chi connectivity index (χ4n) is 3.35. The Bertz CT molecular complexity index is 1200. The average Bonchev–Trinajstić information content (AvgIpc) is 2.74. The van der Waals surface area contributed by atoms with E-state index in [-0.39, 0.29) is 22.4 Å². The van der Waals surface area contributed by atoms with Crippen LogP contribution in [0.1, 0.15) is 27.5 Å². The van der Waals surface area contributed by atoms with E-state index in [1.165, 1.54) is 6.20 Å². The molecule has 3 aromatic carbocycles. The molecule has 1 amide bonds. The largest absolute Gasteiger partial charge is 0.508 e. The van der Waals surface area contributed by atoms with Gasteiger partial charge in [-0.3, -0.25) is 4.79 Å². The number of aromatic nitrogens is 1. The Kier molecular flexibility index (Phi) is 5.51. The number of rotatable bonds is 4. The van der Waals surface area contributed by atoms with Crippen LogP contribution in [0.3, 0.4) is 0 Å². The first-order chi connectivity index (χ1) is 14.0. The fraction of sp³-hybridized carbons (Fsp3) is 0.0435. The summed E-state index contributed by atoms with van der Waals surface area (Å²) in [7, 11) is 0. The Morgan fingerprint density at radius 1 is 1.03 bits per heavy atom. The predicted molar refractivity (Wildman–Crippen MR) is 118 cm³/mol. The molecule has 1 atom stereocenters. The number of carbonyl (C=O) groups is 1. The minimum absolute atomic E-state index is 0.108. The third-order valence-corrected chi connectivity index (χ3v) is 5.43. The number of nitrogens with zero attached hydrogens (tertiary/aromatic N) is 1. The van der Waals surface area contributed by atoms with Gasteiger partial charge in [-0.1, -0.05) is 72.3 Å². The van der Waals surface area contributed by atoms with E-state index in [1.54, 1.807) is 12.1 Å². The molecule has 1 unspecified atom stereocenters. The van der Waals surface area contributed by atoms with E-state index < -0.39 is 6.04 Å². The van der Waals surface area contributed by atoms with Gasteiger partial charge in [0.05, 0.1) is 11.6 Å². The Morgan fingerprint density at radius 2 is 1.76 bits per heavy atom. The number of nitrogens with one attached hydrogen (secondary N) is 1. The molecule has 0 saturated carbocycles. The summed E-state index contributed by atoms with van der Waals surface area (Å²) in [6.07, 6.45) is 1.53. The first kappa shape index (κ1) is 19.4. The van der Waals surface area contributed by atoms with Crippen molar-refractivity contribution in [2.45, 2.75) is 6.04 Å². The summed E-state index contributed by atoms with van der Waals surface area (Å²) in [4.78, 5) is 17.1. The number of phenols is 1. The molecule has 0 bridgehead atoms. The zero-order valence-corrected chi connectivity index (χ0v) is 17.5. The average molecular weight is 468 g/mol. The number of halogens is 2. The standard InChI is InChI=1S/C23H16BrClN2O2/c24-16-12-18(22(25)26-13-16)23(29)27-21(15-7-2-1-3-8-15)20-17-9-5-4-6-14(17)10-11-19(20)28/h1-13,21,28H,(H,27,29). The van der Waals surface area contributed by atoms with Gasteiger partial charge in [-0.25, -0.2) is 4.98 Å². The van der Waals surface area contributed by atoms with E-state index in [0.29, 0.717) is 10.0 Å². The smallest absolute Gasteiger partial charge is 0.255 e. The van der Waals surface area contributed by atoms with Crippen molar-refractivity contribution in [2.75, 3.05) is 0 Å². The third-order valence-electron chi connectivity index (χ3n) is 4.70. The molecule has 0 radical (unpaired) electrons. The summed E-state index contributed by atoms with van der Waals surface area (Å²) >= 11 is 9.47. The highest BCUT2D eigenvalue weighted by molar-refractivity contribution is 9.10. The van der Waals surface area contributed by atoms with Crippen molar-refractivity contribution in [1.29, 1.82) is 0 Å². The van der Waals surface area contributed by atoms with Crippen LogP contribution in [-0.4, -0.2) is 16.0 Å². The van der Waals surface area contributed by atoms with E-state index >= 15 is 0 Å². The molecule has 4 nitrogen and oxygen atoms in total. The molecule has 4 aromatic rings. The molecule has 4 rings (SSSR count). The second kappa shape index (κ2) is 8.23. The first-order valence-electron chi connectivity index (χ1n) is 8.92. The van der Waals surface area contributed by atoms with Gasteiger partial charge in [0.2, 0.25) is 0 Å². The number of pyridine rings is 1. The highest BCUT2D eigenvalue weighted by Crippen LogP contribution is 2.36. The third kappa shape index (κ3) is 3.97. The summed E-state index contributed by atoms with van der Waals surface area (Å²) in [5.74, 6) is -0.277. The van der Waals surface area contributed by atoms with Crippen molar-refractivity contribution in [1.82, 2.24) is 10.3 Å². The van der Waals surface area contributed by atoms with Gasteiger partial charge in [-0.05, 0) is 44.4 Å². The van der Waals surface area contributed by atoms with Gasteiger partial charge >= 0.3 is 0 Å². The quantitative estimate of drug-likeness (QED) is 0.369. The van der Waals surface area contributed by atoms with Gasteiger partial charge in [-0.15, -0.1) is 0 Å². The first-order valence-corrected chi connectivity index (χ1v) is 10.1. The molecule has 6 heteroatoms. The maximum atomic E-state index is 13.1. The number of hydrogen-bond donors (Lipinski definition) is 2. The Balaban J connectivity index is 1.85. The van der Waals surface area contributed by atoms with Gasteiger partial charge in [0.15, 0.2) is 0 Å². The maximum Gasteiger partial charge on any atom is 0.255 e. The lowest BCUT2D eigenvalue weighted by Crippen LogP contribution is -2.30. The summed E-state index contributed by atoms with van der Waals surface area (Å²) in [6.45, 7) is 0. The van der Waals surface area contributed by atoms with Crippen molar-refractivity contribution in [2.24, 2.45) is 0 Å². The Hall–Kier alpha value is -2.89. The minimum atomic E-state index is -0.579. The summed E-state index contributed by atoms with van der Waals surface area (Å²) in [5, 5.41) is 15.7. The summed E-state index contributed by atoms with van der Waals surface area (Å²) in [6, 6.07) is 21.8. The number of fused-ring (bicyclic) bond motifs is 1. The van der Waals surface area contributed by atoms with Gasteiger partial charge in [0, 0.05) is 16.2 Å². The number of benzene rings is 3. The SMILES string of the molecule is O=C(NC(c1ccccc1)c1c(O)ccc2ccccc12)c1cc(Br)cnc1Cl. The van der Waals surface area contributed by atoms with E-state index in [9.17, 15) is 9.90 Å². The van der Waals surface area contributed by atoms with Crippen LogP contribution in [0.2, 0.25) is 5.15 Å². The van der Waals surface area contributed by atoms with Crippen molar-refractivity contribution in [3.05, 3.63) is 105 Å². The van der Waals surface area contributed by atoms with Crippen LogP contribution in [0.15, 0.2) is 83.5 Å². The summed E-state index contributed by atoms with van der Waals surface area (Å²) < 4.78 is 0.649. The fourth-order valence-corrected chi connectivity index (χ4v) is 3.87. The molecule has 2 N–H and O–H groups in total. The number of hydrogen-bond acceptors (Lipinski definition) is 3. The predicted octanol–water partition coefficient (Wildman–Crippen LogP) is 5.88. The number of amides is 1. The zero-order valence-electron chi connectivity index (χ0n) is 15.1. The van der Waals surface area contributed by atoms with Crippen LogP contribution >= 0.6 is 27.5 Å². The van der Waals surface area contributed by atoms with Crippen LogP contribution in [-0.2, 0) is 0 Å². The molecule has 0 aliphatic rings. The van der Waals surface area contributed by atoms with Gasteiger partial charge in [-0.2, -0.15) is 0 Å². The van der Waals surface area contributed by atoms with Crippen LogP contribution < -0.4 is 5.32 Å². The molecule has 29 heavy (non-hydrogen) atoms. The minimum Gasteiger partial charge on any atom is -0.508 e. The molecular weight excluding hydrogens is 452 g/mol. The number of aromatic hydroxyl groups is 1. The van der Waals surface area contributed by atoms with Crippen LogP contribution in [0, 0.1) is 0 Å². The molecule has 0 aliphatic heterocycles. The lowest BCUT2D eigenvalue weighted by molar-refractivity contribution is 0.0942. The van der Waals surface area contributed by atoms with E-state index in [4.69, 9.17) is 11.6 Å². The normalized spacial score (nSPS) is 11.9. The molecule has 1 aromatic heterocycles. The van der Waals surface area contributed by atoms with Gasteiger partial charge in [0.25, 0.3) is 5.91 Å². The molecule has 1 heterocycles. The Morgan fingerprint density at radius 3 is 2.55 bits per heavy atom. The number of phenolic OH excluding ortho intramolecular Hbond substituents is 1. The second-order valence-corrected chi connectivity index (χ2v) is 7.80. The molecule has 144 valence electrons. The molecule has 0 aliphatic carbocycles. The highest BCUT2D eigenvalue weighted by atomic mass is 79.9. The second-order valence-electron chi connectivity index (χ2n) is 6.53. The topological polar surface area (TPSA) is 62.2 Å². The lowest BCUT2D eigenvalue weighted by atomic mass is 9.92. The van der Waals surface area contributed by atoms with Crippen molar-refractivity contribution in [3.63, 3.8) is 0 Å². The molecule has 0 spiro atoms. The summed E-state index contributed by atoms with van der Waals surface area (Å²) in [5.41, 5.74) is 1.72. The van der Waals surface area contributed by atoms with Crippen LogP contribution in [0.25, 0.3) is 10.8 Å². The monoisotopic (exact) mass is 466 g/mol. The zero-order chi connectivity index (χ0) is 20.4. The molecule has 0 saturated heterocycles. The maximum absolute atomic E-state index is 13.1. The van der Waals surface area contributed by atoms with E-state index in [1.807, 2.05) is 60.7 Å². The molecule has 0 fully saturated rings. The van der Waals surface area contributed by atoms with Crippen LogP contribution in [0.4, 0.5) is 0 Å². The Labute approximate surface area is 181 Å². The lowest BCUT2D eigenvalue weighted by Gasteiger charge is -2.23. The highest BCUT2D eigenvalue weighted by Gasteiger charge is 2.24. The van der Waals surface area contributed by atoms with Crippen molar-refractivity contribution >= 4 is 44.2 Å². The van der Waals surface area contributed by atoms with Gasteiger partial charge in [0.1, 0.15) is 10.9 Å².